The van der Waals surface area contributed by atoms with E-state index < -0.39 is 59.2 Å². The van der Waals surface area contributed by atoms with Crippen LogP contribution in [0.1, 0.15) is 25.8 Å². The Morgan fingerprint density at radius 1 is 1.02 bits per heavy atom. The number of Topliss-reactive ketones (excluding diaryl/α,β-unsaturated/α-hetero) is 1. The largest absolute Gasteiger partial charge is 0.469 e. The molecule has 1 aliphatic rings. The van der Waals surface area contributed by atoms with E-state index in [2.05, 4.69) is 15.0 Å². The van der Waals surface area contributed by atoms with Crippen LogP contribution in [0, 0.1) is 0 Å². The van der Waals surface area contributed by atoms with E-state index in [-0.39, 0.29) is 29.6 Å². The van der Waals surface area contributed by atoms with Gasteiger partial charge in [0, 0.05) is 5.69 Å². The van der Waals surface area contributed by atoms with Gasteiger partial charge < -0.3 is 32.0 Å². The number of nitrogens with zero attached hydrogens (tertiary/aromatic N) is 3. The van der Waals surface area contributed by atoms with Gasteiger partial charge >= 0.3 is 18.0 Å². The Labute approximate surface area is 252 Å². The minimum atomic E-state index is -3.02. The fraction of sp³-hybridized carbons (Fsp3) is 0.296. The third-order valence-electron chi connectivity index (χ3n) is 6.67. The Kier molecular flexibility index (Phi) is 10.6. The highest BCUT2D eigenvalue weighted by molar-refractivity contribution is 6.24. The number of anilines is 1. The lowest BCUT2D eigenvalue weighted by atomic mass is 9.90. The molecule has 3 rings (SSSR count). The number of para-hydroxylation sites is 1. The molecule has 0 saturated carbocycles. The van der Waals surface area contributed by atoms with E-state index in [1.54, 1.807) is 6.07 Å². The number of guanidine groups is 1. The Hall–Kier alpha value is -5.02. The van der Waals surface area contributed by atoms with Crippen LogP contribution in [-0.4, -0.2) is 72.4 Å². The Balaban J connectivity index is 0.00000645. The molecule has 43 heavy (non-hydrogen) atoms. The number of carbonyl (C=O) groups excluding carboxylic acids is 6. The highest BCUT2D eigenvalue weighted by atomic mass is 35.5. The van der Waals surface area contributed by atoms with Gasteiger partial charge in [-0.05, 0) is 43.7 Å². The molecule has 230 valence electrons. The number of aliphatic imine (C=N–C) groups is 1. The van der Waals surface area contributed by atoms with Crippen LogP contribution in [0.3, 0.4) is 0 Å². The van der Waals surface area contributed by atoms with Crippen molar-refractivity contribution in [2.24, 2.45) is 22.2 Å². The van der Waals surface area contributed by atoms with Gasteiger partial charge in [0.15, 0.2) is 11.7 Å². The minimum Gasteiger partial charge on any atom is -0.469 e. The number of nitrogens with two attached hydrogens (primary N) is 3. The zero-order valence-corrected chi connectivity index (χ0v) is 24.5. The van der Waals surface area contributed by atoms with Crippen LogP contribution >= 0.6 is 12.4 Å². The van der Waals surface area contributed by atoms with E-state index in [1.165, 1.54) is 55.5 Å². The summed E-state index contributed by atoms with van der Waals surface area (Å²) in [6.45, 7) is 2.26. The second-order valence-corrected chi connectivity index (χ2v) is 9.40. The van der Waals surface area contributed by atoms with Crippen molar-refractivity contribution in [1.82, 2.24) is 10.2 Å². The first-order valence-corrected chi connectivity index (χ1v) is 12.4. The average Bonchev–Trinajstić information content (AvgIpc) is 3.19. The van der Waals surface area contributed by atoms with Crippen molar-refractivity contribution < 1.29 is 38.2 Å². The lowest BCUT2D eigenvalue weighted by Crippen LogP contribution is -2.74. The van der Waals surface area contributed by atoms with Gasteiger partial charge in [-0.2, -0.15) is 0 Å². The first-order chi connectivity index (χ1) is 19.7. The number of carbonyl (C=O) groups is 6. The van der Waals surface area contributed by atoms with Gasteiger partial charge in [-0.15, -0.1) is 12.4 Å². The van der Waals surface area contributed by atoms with Crippen molar-refractivity contribution in [1.29, 1.82) is 0 Å². The number of hydrogen-bond acceptors (Lipinski definition) is 10. The molecular formula is C27H32ClN7O8. The van der Waals surface area contributed by atoms with Crippen molar-refractivity contribution in [3.8, 4) is 0 Å². The summed E-state index contributed by atoms with van der Waals surface area (Å²) in [7, 11) is 2.00. The zero-order valence-electron chi connectivity index (χ0n) is 23.7. The van der Waals surface area contributed by atoms with Crippen molar-refractivity contribution in [3.63, 3.8) is 0 Å². The maximum Gasteiger partial charge on any atom is 0.362 e. The molecule has 0 radical (unpaired) electrons. The first kappa shape index (κ1) is 34.2. The lowest BCUT2D eigenvalue weighted by Gasteiger charge is -2.44. The predicted octanol–water partition coefficient (Wildman–Crippen LogP) is 0.162. The molecule has 0 bridgehead atoms. The van der Waals surface area contributed by atoms with E-state index in [0.29, 0.717) is 15.5 Å². The third-order valence-corrected chi connectivity index (χ3v) is 6.67. The second kappa shape index (κ2) is 13.3. The first-order valence-electron chi connectivity index (χ1n) is 12.4. The van der Waals surface area contributed by atoms with Crippen LogP contribution in [-0.2, 0) is 39.0 Å². The molecule has 0 unspecified atom stereocenters. The van der Waals surface area contributed by atoms with E-state index in [1.807, 2.05) is 0 Å². The molecule has 2 aromatic carbocycles. The molecule has 16 heteroatoms. The molecule has 0 aliphatic carbocycles. The second-order valence-electron chi connectivity index (χ2n) is 9.40. The summed E-state index contributed by atoms with van der Waals surface area (Å²) < 4.78 is 9.55. The van der Waals surface area contributed by atoms with Crippen molar-refractivity contribution in [2.45, 2.75) is 37.5 Å². The van der Waals surface area contributed by atoms with Crippen LogP contribution in [0.25, 0.3) is 0 Å². The summed E-state index contributed by atoms with van der Waals surface area (Å²) in [5, 5.41) is 2.51. The SMILES string of the molecule is COC(=O)C[C@H](N)C(=O)N(c1ccccc1)[C@](C(C)=O)(C(=O)OC)N1C(=O)N[C@](C)(c2ccc(N=C(N)N)cc2)C1=O.Cl. The molecule has 0 aromatic heterocycles. The Bertz CT molecular complexity index is 1450. The van der Waals surface area contributed by atoms with Crippen LogP contribution in [0.4, 0.5) is 16.2 Å². The van der Waals surface area contributed by atoms with E-state index >= 15 is 0 Å². The lowest BCUT2D eigenvalue weighted by molar-refractivity contribution is -0.164. The van der Waals surface area contributed by atoms with Crippen molar-refractivity contribution >= 4 is 65.3 Å². The minimum absolute atomic E-state index is 0. The van der Waals surface area contributed by atoms with Gasteiger partial charge in [0.2, 0.25) is 5.91 Å². The number of urea groups is 1. The normalized spacial score (nSPS) is 17.8. The van der Waals surface area contributed by atoms with Crippen molar-refractivity contribution in [2.75, 3.05) is 19.1 Å². The number of benzene rings is 2. The fourth-order valence-corrected chi connectivity index (χ4v) is 4.60. The highest BCUT2D eigenvalue weighted by Crippen LogP contribution is 2.39. The molecule has 0 spiro atoms. The summed E-state index contributed by atoms with van der Waals surface area (Å²) in [6.07, 6.45) is -0.645. The van der Waals surface area contributed by atoms with Crippen LogP contribution in [0.5, 0.6) is 0 Å². The fourth-order valence-electron chi connectivity index (χ4n) is 4.60. The molecule has 4 amide bonds. The number of halogens is 1. The van der Waals surface area contributed by atoms with Crippen molar-refractivity contribution in [3.05, 3.63) is 60.2 Å². The molecule has 1 heterocycles. The number of hydrogen-bond donors (Lipinski definition) is 4. The van der Waals surface area contributed by atoms with Gasteiger partial charge in [0.1, 0.15) is 5.54 Å². The van der Waals surface area contributed by atoms with E-state index in [4.69, 9.17) is 21.9 Å². The van der Waals surface area contributed by atoms with Crippen LogP contribution in [0.2, 0.25) is 0 Å². The molecule has 1 fully saturated rings. The number of ketones is 1. The number of nitrogens with one attached hydrogen (secondary N) is 1. The smallest absolute Gasteiger partial charge is 0.362 e. The van der Waals surface area contributed by atoms with Gasteiger partial charge in [-0.3, -0.25) is 24.1 Å². The molecule has 7 N–H and O–H groups in total. The Morgan fingerprint density at radius 3 is 2.09 bits per heavy atom. The number of esters is 2. The molecule has 2 aromatic rings. The number of amides is 4. The monoisotopic (exact) mass is 617 g/mol. The molecule has 1 aliphatic heterocycles. The van der Waals surface area contributed by atoms with Gasteiger partial charge in [-0.25, -0.2) is 19.5 Å². The number of imide groups is 1. The Morgan fingerprint density at radius 2 is 1.60 bits per heavy atom. The summed E-state index contributed by atoms with van der Waals surface area (Å²) in [5.74, 6) is -5.85. The molecule has 3 atom stereocenters. The van der Waals surface area contributed by atoms with Crippen LogP contribution < -0.4 is 27.4 Å². The average molecular weight is 618 g/mol. The summed E-state index contributed by atoms with van der Waals surface area (Å²) in [6, 6.07) is 10.3. The highest BCUT2D eigenvalue weighted by Gasteiger charge is 2.67. The topological polar surface area (TPSA) is 230 Å². The maximum atomic E-state index is 14.2. The molecular weight excluding hydrogens is 586 g/mol. The van der Waals surface area contributed by atoms with Gasteiger partial charge in [0.25, 0.3) is 11.6 Å². The van der Waals surface area contributed by atoms with Gasteiger partial charge in [-0.1, -0.05) is 30.3 Å². The van der Waals surface area contributed by atoms with Crippen LogP contribution in [0.15, 0.2) is 59.6 Å². The maximum absolute atomic E-state index is 14.2. The molecule has 1 saturated heterocycles. The zero-order chi connectivity index (χ0) is 31.4. The third kappa shape index (κ3) is 6.12. The molecule has 15 nitrogen and oxygen atoms in total. The quantitative estimate of drug-likeness (QED) is 0.0922. The van der Waals surface area contributed by atoms with Gasteiger partial charge in [0.05, 0.1) is 32.4 Å². The standard InChI is InChI=1S/C27H31N7O8.ClH/c1-15(35)27(23(39)42-4,33(18-8-6-5-7-9-18)21(37)19(28)14-20(36)41-3)34-22(38)26(2,32-25(34)40)16-10-12-17(13-11-16)31-24(29)30;/h5-13,19H,14,28H2,1-4H3,(H,32,40)(H4,29,30,31);1H/t19-,26+,27-;/m0./s1. The number of methoxy groups -OCH3 is 2. The predicted molar refractivity (Wildman–Crippen MR) is 156 cm³/mol. The summed E-state index contributed by atoms with van der Waals surface area (Å²) in [4.78, 5) is 85.9. The number of rotatable bonds is 10. The summed E-state index contributed by atoms with van der Waals surface area (Å²) >= 11 is 0. The number of ether oxygens (including phenoxy) is 2. The summed E-state index contributed by atoms with van der Waals surface area (Å²) in [5.41, 5.74) is 12.5. The van der Waals surface area contributed by atoms with E-state index in [0.717, 1.165) is 21.1 Å². The van der Waals surface area contributed by atoms with E-state index in [9.17, 15) is 28.8 Å².